The summed E-state index contributed by atoms with van der Waals surface area (Å²) < 4.78 is 48.8. The number of amides is 1. The van der Waals surface area contributed by atoms with E-state index >= 15 is 0 Å². The molecule has 100 valence electrons. The van der Waals surface area contributed by atoms with Crippen LogP contribution in [0.25, 0.3) is 0 Å². The van der Waals surface area contributed by atoms with Crippen LogP contribution in [0.2, 0.25) is 0 Å². The summed E-state index contributed by atoms with van der Waals surface area (Å²) in [6.45, 7) is -0.676. The van der Waals surface area contributed by atoms with E-state index in [-0.39, 0.29) is 0 Å². The highest BCUT2D eigenvalue weighted by Gasteiger charge is 2.41. The molecular weight excluding hydrogens is 240 g/mol. The molecule has 1 rings (SSSR count). The lowest BCUT2D eigenvalue weighted by atomic mass is 10.1. The van der Waals surface area contributed by atoms with Gasteiger partial charge in [-0.25, -0.2) is 8.78 Å². The van der Waals surface area contributed by atoms with Crippen LogP contribution in [0.1, 0.15) is 25.7 Å². The minimum Gasteiger partial charge on any atom is -0.348 e. The van der Waals surface area contributed by atoms with Crippen LogP contribution >= 0.6 is 0 Å². The molecule has 0 aromatic rings. The summed E-state index contributed by atoms with van der Waals surface area (Å²) in [5.41, 5.74) is 0. The van der Waals surface area contributed by atoms with Crippen LogP contribution < -0.4 is 10.6 Å². The highest BCUT2D eigenvalue weighted by Crippen LogP contribution is 2.21. The topological polar surface area (TPSA) is 41.1 Å². The van der Waals surface area contributed by atoms with Gasteiger partial charge in [-0.3, -0.25) is 4.79 Å². The van der Waals surface area contributed by atoms with Gasteiger partial charge in [0, 0.05) is 0 Å². The zero-order valence-corrected chi connectivity index (χ0v) is 9.32. The van der Waals surface area contributed by atoms with Gasteiger partial charge in [0.25, 0.3) is 0 Å². The third-order valence-electron chi connectivity index (χ3n) is 2.69. The second kappa shape index (κ2) is 6.18. The van der Waals surface area contributed by atoms with E-state index in [0.717, 1.165) is 19.3 Å². The second-order valence-electron chi connectivity index (χ2n) is 4.14. The number of alkyl halides is 4. The molecule has 1 atom stereocenters. The van der Waals surface area contributed by atoms with Gasteiger partial charge in [-0.05, 0) is 19.4 Å². The van der Waals surface area contributed by atoms with Crippen molar-refractivity contribution < 1.29 is 22.4 Å². The summed E-state index contributed by atoms with van der Waals surface area (Å²) in [7, 11) is 0. The lowest BCUT2D eigenvalue weighted by Gasteiger charge is -2.19. The molecule has 0 bridgehead atoms. The number of hydrogen-bond donors (Lipinski definition) is 2. The van der Waals surface area contributed by atoms with Gasteiger partial charge in [-0.1, -0.05) is 12.8 Å². The third kappa shape index (κ3) is 4.49. The Kier molecular flexibility index (Phi) is 5.17. The Morgan fingerprint density at radius 1 is 1.35 bits per heavy atom. The predicted octanol–water partition coefficient (Wildman–Crippen LogP) is 1.54. The summed E-state index contributed by atoms with van der Waals surface area (Å²) in [6.07, 6.45) is -0.478. The Labute approximate surface area is 96.9 Å². The van der Waals surface area contributed by atoms with Gasteiger partial charge in [0.2, 0.25) is 5.91 Å². The van der Waals surface area contributed by atoms with Crippen LogP contribution in [-0.2, 0) is 4.79 Å². The summed E-state index contributed by atoms with van der Waals surface area (Å²) in [5.74, 6) is -4.80. The van der Waals surface area contributed by atoms with Crippen molar-refractivity contribution in [3.8, 4) is 0 Å². The number of carbonyl (C=O) groups excluding carboxylic acids is 1. The minimum atomic E-state index is -4.17. The first-order valence-electron chi connectivity index (χ1n) is 5.60. The Balaban J connectivity index is 2.38. The summed E-state index contributed by atoms with van der Waals surface area (Å²) in [4.78, 5) is 11.5. The molecule has 0 aromatic carbocycles. The van der Waals surface area contributed by atoms with E-state index in [4.69, 9.17) is 0 Å². The fourth-order valence-electron chi connectivity index (χ4n) is 1.66. The van der Waals surface area contributed by atoms with Gasteiger partial charge < -0.3 is 10.6 Å². The molecule has 1 aliphatic rings. The average Bonchev–Trinajstić information content (AvgIpc) is 2.54. The van der Waals surface area contributed by atoms with Crippen molar-refractivity contribution in [1.82, 2.24) is 10.6 Å². The molecule has 1 saturated heterocycles. The van der Waals surface area contributed by atoms with E-state index in [1.165, 1.54) is 0 Å². The maximum atomic E-state index is 12.6. The number of nitrogens with one attached hydrogen (secondary N) is 2. The fraction of sp³-hybridized carbons (Fsp3) is 0.900. The monoisotopic (exact) mass is 256 g/mol. The van der Waals surface area contributed by atoms with Crippen molar-refractivity contribution in [2.45, 2.75) is 44.1 Å². The van der Waals surface area contributed by atoms with Crippen molar-refractivity contribution >= 4 is 5.91 Å². The number of hydrogen-bond acceptors (Lipinski definition) is 2. The standard InChI is InChI=1S/C10H16F4N2O/c11-9(12)10(13,14)6-16-8(17)7-4-2-1-3-5-15-7/h7,9,15H,1-6H2,(H,16,17). The lowest BCUT2D eigenvalue weighted by Crippen LogP contribution is -2.48. The Hall–Kier alpha value is -0.850. The number of halogens is 4. The molecule has 1 fully saturated rings. The molecule has 0 spiro atoms. The molecule has 0 saturated carbocycles. The molecule has 7 heteroatoms. The van der Waals surface area contributed by atoms with Crippen LogP contribution in [0.5, 0.6) is 0 Å². The quantitative estimate of drug-likeness (QED) is 0.749. The maximum Gasteiger partial charge on any atom is 0.324 e. The second-order valence-corrected chi connectivity index (χ2v) is 4.14. The van der Waals surface area contributed by atoms with Gasteiger partial charge in [0.15, 0.2) is 0 Å². The van der Waals surface area contributed by atoms with Gasteiger partial charge in [-0.15, -0.1) is 0 Å². The molecule has 2 N–H and O–H groups in total. The maximum absolute atomic E-state index is 12.6. The van der Waals surface area contributed by atoms with E-state index in [2.05, 4.69) is 5.32 Å². The van der Waals surface area contributed by atoms with Gasteiger partial charge in [0.05, 0.1) is 12.6 Å². The molecule has 0 aromatic heterocycles. The molecule has 1 heterocycles. The molecule has 17 heavy (non-hydrogen) atoms. The van der Waals surface area contributed by atoms with E-state index in [0.29, 0.717) is 13.0 Å². The zero-order valence-electron chi connectivity index (χ0n) is 9.32. The Morgan fingerprint density at radius 3 is 2.71 bits per heavy atom. The van der Waals surface area contributed by atoms with E-state index < -0.39 is 30.8 Å². The fourth-order valence-corrected chi connectivity index (χ4v) is 1.66. The highest BCUT2D eigenvalue weighted by molar-refractivity contribution is 5.81. The Bertz CT molecular complexity index is 253. The summed E-state index contributed by atoms with van der Waals surface area (Å²) >= 11 is 0. The molecule has 1 unspecified atom stereocenters. The molecule has 0 radical (unpaired) electrons. The zero-order chi connectivity index (χ0) is 12.9. The molecule has 3 nitrogen and oxygen atoms in total. The summed E-state index contributed by atoms with van der Waals surface area (Å²) in [6, 6.07) is -0.550. The number of rotatable bonds is 4. The molecule has 1 aliphatic heterocycles. The lowest BCUT2D eigenvalue weighted by molar-refractivity contribution is -0.137. The minimum absolute atomic E-state index is 0.548. The first kappa shape index (κ1) is 14.2. The number of carbonyl (C=O) groups is 1. The molecule has 1 amide bonds. The van der Waals surface area contributed by atoms with Crippen LogP contribution in [0.3, 0.4) is 0 Å². The normalized spacial score (nSPS) is 22.3. The smallest absolute Gasteiger partial charge is 0.324 e. The van der Waals surface area contributed by atoms with Gasteiger partial charge >= 0.3 is 12.3 Å². The van der Waals surface area contributed by atoms with E-state index in [1.807, 2.05) is 5.32 Å². The third-order valence-corrected chi connectivity index (χ3v) is 2.69. The van der Waals surface area contributed by atoms with Crippen molar-refractivity contribution in [1.29, 1.82) is 0 Å². The van der Waals surface area contributed by atoms with Crippen molar-refractivity contribution in [2.24, 2.45) is 0 Å². The SMILES string of the molecule is O=C(NCC(F)(F)C(F)F)C1CCCCCN1. The van der Waals surface area contributed by atoms with E-state index in [1.54, 1.807) is 0 Å². The average molecular weight is 256 g/mol. The first-order chi connectivity index (χ1) is 7.93. The predicted molar refractivity (Wildman–Crippen MR) is 54.2 cm³/mol. The van der Waals surface area contributed by atoms with Gasteiger partial charge in [0.1, 0.15) is 0 Å². The molecular formula is C10H16F4N2O. The van der Waals surface area contributed by atoms with Crippen molar-refractivity contribution in [2.75, 3.05) is 13.1 Å². The van der Waals surface area contributed by atoms with Crippen LogP contribution in [0.4, 0.5) is 17.6 Å². The largest absolute Gasteiger partial charge is 0.348 e. The van der Waals surface area contributed by atoms with Crippen molar-refractivity contribution in [3.63, 3.8) is 0 Å². The summed E-state index contributed by atoms with van der Waals surface area (Å²) in [5, 5.41) is 4.77. The highest BCUT2D eigenvalue weighted by atomic mass is 19.3. The molecule has 0 aliphatic carbocycles. The van der Waals surface area contributed by atoms with Crippen LogP contribution in [-0.4, -0.2) is 37.4 Å². The van der Waals surface area contributed by atoms with E-state index in [9.17, 15) is 22.4 Å². The first-order valence-corrected chi connectivity index (χ1v) is 5.60. The van der Waals surface area contributed by atoms with Crippen LogP contribution in [0.15, 0.2) is 0 Å². The van der Waals surface area contributed by atoms with Gasteiger partial charge in [-0.2, -0.15) is 8.78 Å². The Morgan fingerprint density at radius 2 is 2.06 bits per heavy atom. The van der Waals surface area contributed by atoms with Crippen molar-refractivity contribution in [3.05, 3.63) is 0 Å². The van der Waals surface area contributed by atoms with Crippen LogP contribution in [0, 0.1) is 0 Å².